The van der Waals surface area contributed by atoms with Crippen LogP contribution in [0.25, 0.3) is 16.6 Å². The molecule has 2 aromatic carbocycles. The summed E-state index contributed by atoms with van der Waals surface area (Å²) in [5, 5.41) is 4.88. The van der Waals surface area contributed by atoms with Crippen molar-refractivity contribution in [1.82, 2.24) is 10.3 Å². The van der Waals surface area contributed by atoms with Crippen molar-refractivity contribution in [2.45, 2.75) is 59.9 Å². The molecule has 0 aliphatic rings. The van der Waals surface area contributed by atoms with E-state index in [0.29, 0.717) is 12.0 Å². The van der Waals surface area contributed by atoms with Crippen molar-refractivity contribution in [2.75, 3.05) is 0 Å². The van der Waals surface area contributed by atoms with E-state index in [-0.39, 0.29) is 0 Å². The lowest BCUT2D eigenvalue weighted by Gasteiger charge is -2.25. The van der Waals surface area contributed by atoms with Crippen molar-refractivity contribution >= 4 is 28.0 Å². The van der Waals surface area contributed by atoms with E-state index in [9.17, 15) is 0 Å². The number of nitrogens with one attached hydrogen (secondary N) is 1. The highest BCUT2D eigenvalue weighted by Crippen LogP contribution is 2.25. The molecule has 3 heteroatoms. The lowest BCUT2D eigenvalue weighted by Crippen LogP contribution is -2.30. The van der Waals surface area contributed by atoms with Crippen LogP contribution in [0.1, 0.15) is 56.7 Å². The normalized spacial score (nSPS) is 13.8. The van der Waals surface area contributed by atoms with Crippen LogP contribution in [0.5, 0.6) is 0 Å². The van der Waals surface area contributed by atoms with Crippen LogP contribution < -0.4 is 5.32 Å². The predicted molar refractivity (Wildman–Crippen MR) is 135 cm³/mol. The van der Waals surface area contributed by atoms with E-state index in [0.717, 1.165) is 47.1 Å². The first-order valence-electron chi connectivity index (χ1n) is 11.3. The minimum Gasteiger partial charge on any atom is -0.382 e. The lowest BCUT2D eigenvalue weighted by molar-refractivity contribution is 0.469. The van der Waals surface area contributed by atoms with Gasteiger partial charge in [0.05, 0.1) is 11.2 Å². The van der Waals surface area contributed by atoms with Crippen molar-refractivity contribution in [3.05, 3.63) is 78.0 Å². The average Bonchev–Trinajstić information content (AvgIpc) is 2.74. The Hall–Kier alpha value is -2.94. The number of pyridine rings is 1. The Morgan fingerprint density at radius 3 is 2.65 bits per heavy atom. The first kappa shape index (κ1) is 22.7. The van der Waals surface area contributed by atoms with Gasteiger partial charge in [-0.2, -0.15) is 0 Å². The van der Waals surface area contributed by atoms with E-state index in [1.54, 1.807) is 0 Å². The molecule has 1 aromatic heterocycles. The molecule has 0 saturated carbocycles. The van der Waals surface area contributed by atoms with Gasteiger partial charge in [0.15, 0.2) is 0 Å². The van der Waals surface area contributed by atoms with Gasteiger partial charge in [-0.1, -0.05) is 56.7 Å². The van der Waals surface area contributed by atoms with Crippen LogP contribution in [0, 0.1) is 19.8 Å². The molecule has 0 fully saturated rings. The minimum atomic E-state index is 0.350. The Balaban J connectivity index is 1.76. The van der Waals surface area contributed by atoms with Crippen molar-refractivity contribution in [3.8, 4) is 0 Å². The van der Waals surface area contributed by atoms with Crippen LogP contribution in [0.2, 0.25) is 0 Å². The van der Waals surface area contributed by atoms with Gasteiger partial charge in [-0.25, -0.2) is 0 Å². The van der Waals surface area contributed by atoms with Gasteiger partial charge in [0.1, 0.15) is 0 Å². The Morgan fingerprint density at radius 1 is 1.13 bits per heavy atom. The number of hydrogen-bond acceptors (Lipinski definition) is 3. The molecular formula is C28H35N3. The smallest absolute Gasteiger partial charge is 0.0708 e. The number of aliphatic imine (C=N–C) groups is 1. The molecule has 0 radical (unpaired) electrons. The third-order valence-electron chi connectivity index (χ3n) is 6.00. The molecule has 3 rings (SSSR count). The Bertz CT molecular complexity index is 1080. The monoisotopic (exact) mass is 413 g/mol. The van der Waals surface area contributed by atoms with Crippen LogP contribution in [0.3, 0.4) is 0 Å². The summed E-state index contributed by atoms with van der Waals surface area (Å²) >= 11 is 0. The number of hydrogen-bond donors (Lipinski definition) is 1. The Labute approximate surface area is 187 Å². The van der Waals surface area contributed by atoms with E-state index in [1.807, 2.05) is 6.20 Å². The van der Waals surface area contributed by atoms with Crippen molar-refractivity contribution in [2.24, 2.45) is 10.9 Å². The van der Waals surface area contributed by atoms with Gasteiger partial charge in [-0.05, 0) is 69.4 Å². The largest absolute Gasteiger partial charge is 0.382 e. The molecule has 0 bridgehead atoms. The zero-order valence-corrected chi connectivity index (χ0v) is 19.6. The number of nitrogens with zero attached hydrogens (tertiary/aromatic N) is 2. The summed E-state index contributed by atoms with van der Waals surface area (Å²) in [7, 11) is 0. The zero-order chi connectivity index (χ0) is 22.4. The highest BCUT2D eigenvalue weighted by atomic mass is 14.9. The molecule has 3 aromatic rings. The van der Waals surface area contributed by atoms with Crippen LogP contribution in [-0.4, -0.2) is 16.7 Å². The zero-order valence-electron chi connectivity index (χ0n) is 19.6. The molecule has 0 saturated heterocycles. The van der Waals surface area contributed by atoms with Gasteiger partial charge >= 0.3 is 0 Å². The maximum absolute atomic E-state index is 4.92. The fourth-order valence-electron chi connectivity index (χ4n) is 4.03. The highest BCUT2D eigenvalue weighted by Gasteiger charge is 2.17. The minimum absolute atomic E-state index is 0.350. The third kappa shape index (κ3) is 5.81. The molecule has 0 amide bonds. The molecule has 0 aliphatic carbocycles. The van der Waals surface area contributed by atoms with Gasteiger partial charge in [0.25, 0.3) is 0 Å². The summed E-state index contributed by atoms with van der Waals surface area (Å²) in [6.07, 6.45) is 5.12. The first-order chi connectivity index (χ1) is 14.9. The molecule has 1 N–H and O–H groups in total. The molecule has 2 atom stereocenters. The lowest BCUT2D eigenvalue weighted by atomic mass is 9.94. The number of fused-ring (bicyclic) bond motifs is 1. The summed E-state index contributed by atoms with van der Waals surface area (Å²) in [5.41, 5.74) is 7.79. The van der Waals surface area contributed by atoms with Gasteiger partial charge < -0.3 is 5.32 Å². The maximum atomic E-state index is 4.92. The molecular weight excluding hydrogens is 378 g/mol. The first-order valence-corrected chi connectivity index (χ1v) is 11.3. The molecule has 0 aliphatic heterocycles. The molecule has 31 heavy (non-hydrogen) atoms. The van der Waals surface area contributed by atoms with E-state index in [2.05, 4.69) is 100 Å². The Morgan fingerprint density at radius 2 is 1.90 bits per heavy atom. The Kier molecular flexibility index (Phi) is 7.62. The van der Waals surface area contributed by atoms with Crippen LogP contribution in [0.15, 0.2) is 66.3 Å². The van der Waals surface area contributed by atoms with E-state index >= 15 is 0 Å². The third-order valence-corrected chi connectivity index (χ3v) is 6.00. The van der Waals surface area contributed by atoms with E-state index < -0.39 is 0 Å². The number of para-hydroxylation sites is 1. The second kappa shape index (κ2) is 10.4. The van der Waals surface area contributed by atoms with Gasteiger partial charge in [0, 0.05) is 34.6 Å². The average molecular weight is 414 g/mol. The van der Waals surface area contributed by atoms with E-state index in [1.165, 1.54) is 16.8 Å². The number of aromatic nitrogens is 1. The van der Waals surface area contributed by atoms with Gasteiger partial charge in [-0.15, -0.1) is 0 Å². The maximum Gasteiger partial charge on any atom is 0.0708 e. The summed E-state index contributed by atoms with van der Waals surface area (Å²) in [6, 6.07) is 17.1. The predicted octanol–water partition coefficient (Wildman–Crippen LogP) is 7.40. The molecule has 0 spiro atoms. The van der Waals surface area contributed by atoms with Crippen molar-refractivity contribution in [1.29, 1.82) is 0 Å². The van der Waals surface area contributed by atoms with Crippen LogP contribution in [-0.2, 0) is 0 Å². The second-order valence-electron chi connectivity index (χ2n) is 8.66. The summed E-state index contributed by atoms with van der Waals surface area (Å²) in [5.74, 6) is 0.382. The summed E-state index contributed by atoms with van der Waals surface area (Å²) < 4.78 is 0. The van der Waals surface area contributed by atoms with Crippen molar-refractivity contribution in [3.63, 3.8) is 0 Å². The molecule has 1 unspecified atom stereocenters. The van der Waals surface area contributed by atoms with Crippen LogP contribution >= 0.6 is 0 Å². The molecule has 1 heterocycles. The standard InChI is InChI=1S/C28H35N3/c1-7-10-24(18-21(4)22(5)31-27-12-9-8-11-20(27)3)30-23(6)25-15-16-29-28-14-13-19(2)17-26(25)28/h8-9,11-17,21,24,30H,6-7,10,18H2,1-5H3/t21?,24-/m1/s1. The fourth-order valence-corrected chi connectivity index (χ4v) is 4.03. The van der Waals surface area contributed by atoms with Crippen molar-refractivity contribution < 1.29 is 0 Å². The van der Waals surface area contributed by atoms with Gasteiger partial charge in [-0.3, -0.25) is 9.98 Å². The number of aryl methyl sites for hydroxylation is 2. The topological polar surface area (TPSA) is 37.3 Å². The number of benzene rings is 2. The highest BCUT2D eigenvalue weighted by molar-refractivity contribution is 5.91. The molecule has 162 valence electrons. The summed E-state index contributed by atoms with van der Waals surface area (Å²) in [6.45, 7) is 15.3. The summed E-state index contributed by atoms with van der Waals surface area (Å²) in [4.78, 5) is 9.43. The second-order valence-corrected chi connectivity index (χ2v) is 8.66. The van der Waals surface area contributed by atoms with Crippen LogP contribution in [0.4, 0.5) is 5.69 Å². The van der Waals surface area contributed by atoms with Gasteiger partial charge in [0.2, 0.25) is 0 Å². The molecule has 3 nitrogen and oxygen atoms in total. The fraction of sp³-hybridized carbons (Fsp3) is 0.357. The quantitative estimate of drug-likeness (QED) is 0.371. The number of rotatable bonds is 9. The van der Waals surface area contributed by atoms with E-state index in [4.69, 9.17) is 4.99 Å². The SMILES string of the molecule is C=C(N[C@H](CCC)CC(C)C(C)=Nc1ccccc1C)c1ccnc2ccc(C)cc12.